The molecule has 6 heteroatoms. The first kappa shape index (κ1) is 13.6. The van der Waals surface area contributed by atoms with E-state index in [-0.39, 0.29) is 29.3 Å². The van der Waals surface area contributed by atoms with Crippen LogP contribution in [0.25, 0.3) is 0 Å². The Morgan fingerprint density at radius 1 is 1.47 bits per heavy atom. The molecule has 1 aromatic heterocycles. The van der Waals surface area contributed by atoms with E-state index >= 15 is 0 Å². The second kappa shape index (κ2) is 6.30. The lowest BCUT2D eigenvalue weighted by atomic mass is 10.3. The summed E-state index contributed by atoms with van der Waals surface area (Å²) in [5.41, 5.74) is 0. The van der Waals surface area contributed by atoms with Gasteiger partial charge in [-0.25, -0.2) is 0 Å². The molecular weight excluding hydrogens is 246 g/mol. The molecule has 0 saturated carbocycles. The fourth-order valence-corrected chi connectivity index (χ4v) is 1.43. The predicted molar refractivity (Wildman–Crippen MR) is 61.9 cm³/mol. The van der Waals surface area contributed by atoms with Crippen molar-refractivity contribution >= 4 is 23.5 Å². The third-order valence-corrected chi connectivity index (χ3v) is 2.44. The molecule has 0 spiro atoms. The average Bonchev–Trinajstić information content (AvgIpc) is 2.74. The van der Waals surface area contributed by atoms with Gasteiger partial charge in [0.25, 0.3) is 5.91 Å². The molecule has 0 aliphatic heterocycles. The number of hydrogen-bond acceptors (Lipinski definition) is 4. The van der Waals surface area contributed by atoms with E-state index in [4.69, 9.17) is 16.0 Å². The van der Waals surface area contributed by atoms with Gasteiger partial charge >= 0.3 is 5.97 Å². The molecule has 0 N–H and O–H groups in total. The molecule has 0 aromatic carbocycles. The van der Waals surface area contributed by atoms with Crippen LogP contribution in [0.4, 0.5) is 0 Å². The summed E-state index contributed by atoms with van der Waals surface area (Å²) in [7, 11) is 2.97. The number of rotatable bonds is 5. The quantitative estimate of drug-likeness (QED) is 0.759. The number of esters is 1. The Balaban J connectivity index is 2.40. The number of carbonyl (C=O) groups excluding carboxylic acids is 2. The zero-order chi connectivity index (χ0) is 12.8. The van der Waals surface area contributed by atoms with Crippen molar-refractivity contribution in [3.8, 4) is 0 Å². The van der Waals surface area contributed by atoms with E-state index < -0.39 is 0 Å². The molecule has 94 valence electrons. The molecule has 1 rings (SSSR count). The molecule has 0 unspecified atom stereocenters. The van der Waals surface area contributed by atoms with Crippen molar-refractivity contribution in [3.63, 3.8) is 0 Å². The van der Waals surface area contributed by atoms with Crippen LogP contribution in [-0.2, 0) is 9.53 Å². The smallest absolute Gasteiger partial charge is 0.305 e. The second-order valence-corrected chi connectivity index (χ2v) is 3.88. The summed E-state index contributed by atoms with van der Waals surface area (Å²) in [5, 5.41) is 0.177. The first-order chi connectivity index (χ1) is 8.04. The van der Waals surface area contributed by atoms with Gasteiger partial charge in [-0.1, -0.05) is 0 Å². The summed E-state index contributed by atoms with van der Waals surface area (Å²) in [6, 6.07) is 3.03. The van der Waals surface area contributed by atoms with Crippen molar-refractivity contribution in [1.29, 1.82) is 0 Å². The summed E-state index contributed by atoms with van der Waals surface area (Å²) in [6.07, 6.45) is 0.830. The number of hydrogen-bond donors (Lipinski definition) is 0. The molecule has 17 heavy (non-hydrogen) atoms. The number of halogens is 1. The molecule has 5 nitrogen and oxygen atoms in total. The number of amides is 1. The zero-order valence-corrected chi connectivity index (χ0v) is 10.5. The van der Waals surface area contributed by atoms with Crippen molar-refractivity contribution in [2.24, 2.45) is 0 Å². The molecule has 0 bridgehead atoms. The third-order valence-electron chi connectivity index (χ3n) is 2.23. The highest BCUT2D eigenvalue weighted by Crippen LogP contribution is 2.14. The molecule has 0 aliphatic rings. The molecule has 1 aromatic rings. The van der Waals surface area contributed by atoms with E-state index in [2.05, 4.69) is 4.74 Å². The first-order valence-electron chi connectivity index (χ1n) is 5.12. The standard InChI is InChI=1S/C11H14ClNO4/c1-13(7-3-4-10(14)16-2)11(15)8-5-6-9(12)17-8/h5-6H,3-4,7H2,1-2H3. The molecular formula is C11H14ClNO4. The number of ether oxygens (including phenoxy) is 1. The van der Waals surface area contributed by atoms with Gasteiger partial charge in [0.2, 0.25) is 0 Å². The Labute approximate surface area is 104 Å². The molecule has 0 saturated heterocycles. The fraction of sp³-hybridized carbons (Fsp3) is 0.455. The van der Waals surface area contributed by atoms with Crippen molar-refractivity contribution in [2.45, 2.75) is 12.8 Å². The second-order valence-electron chi connectivity index (χ2n) is 3.51. The topological polar surface area (TPSA) is 59.8 Å². The minimum atomic E-state index is -0.285. The van der Waals surface area contributed by atoms with Crippen LogP contribution >= 0.6 is 11.6 Å². The highest BCUT2D eigenvalue weighted by Gasteiger charge is 2.15. The maximum absolute atomic E-state index is 11.8. The largest absolute Gasteiger partial charge is 0.469 e. The van der Waals surface area contributed by atoms with Crippen LogP contribution in [0.2, 0.25) is 5.22 Å². The minimum Gasteiger partial charge on any atom is -0.469 e. The number of furan rings is 1. The maximum atomic E-state index is 11.8. The van der Waals surface area contributed by atoms with Crippen LogP contribution in [0.5, 0.6) is 0 Å². The summed E-state index contributed by atoms with van der Waals surface area (Å²) < 4.78 is 9.50. The number of carbonyl (C=O) groups is 2. The van der Waals surface area contributed by atoms with Crippen LogP contribution < -0.4 is 0 Å². The summed E-state index contributed by atoms with van der Waals surface area (Å²) in [4.78, 5) is 24.1. The minimum absolute atomic E-state index is 0.177. The van der Waals surface area contributed by atoms with Gasteiger partial charge in [-0.3, -0.25) is 9.59 Å². The number of methoxy groups -OCH3 is 1. The van der Waals surface area contributed by atoms with Gasteiger partial charge in [0, 0.05) is 20.0 Å². The first-order valence-corrected chi connectivity index (χ1v) is 5.50. The third kappa shape index (κ3) is 4.11. The van der Waals surface area contributed by atoms with Gasteiger partial charge in [0.15, 0.2) is 11.0 Å². The summed E-state index contributed by atoms with van der Waals surface area (Å²) >= 11 is 5.58. The molecule has 0 aliphatic carbocycles. The van der Waals surface area contributed by atoms with E-state index in [1.807, 2.05) is 0 Å². The zero-order valence-electron chi connectivity index (χ0n) is 9.73. The van der Waals surface area contributed by atoms with Crippen molar-refractivity contribution in [2.75, 3.05) is 20.7 Å². The van der Waals surface area contributed by atoms with Gasteiger partial charge in [-0.2, -0.15) is 0 Å². The summed E-state index contributed by atoms with van der Waals surface area (Å²) in [5.74, 6) is -0.357. The molecule has 0 radical (unpaired) electrons. The lowest BCUT2D eigenvalue weighted by Gasteiger charge is -2.14. The lowest BCUT2D eigenvalue weighted by Crippen LogP contribution is -2.27. The lowest BCUT2D eigenvalue weighted by molar-refractivity contribution is -0.140. The molecule has 1 amide bonds. The van der Waals surface area contributed by atoms with Gasteiger partial charge in [0.1, 0.15) is 0 Å². The monoisotopic (exact) mass is 259 g/mol. The molecule has 0 fully saturated rings. The summed E-state index contributed by atoms with van der Waals surface area (Å²) in [6.45, 7) is 0.451. The van der Waals surface area contributed by atoms with Gasteiger partial charge in [0.05, 0.1) is 7.11 Å². The van der Waals surface area contributed by atoms with Crippen LogP contribution in [0, 0.1) is 0 Å². The van der Waals surface area contributed by atoms with E-state index in [1.54, 1.807) is 7.05 Å². The molecule has 0 atom stereocenters. The molecule has 1 heterocycles. The maximum Gasteiger partial charge on any atom is 0.305 e. The average molecular weight is 260 g/mol. The fourth-order valence-electron chi connectivity index (χ4n) is 1.28. The van der Waals surface area contributed by atoms with Crippen LogP contribution in [-0.4, -0.2) is 37.5 Å². The van der Waals surface area contributed by atoms with Crippen LogP contribution in [0.15, 0.2) is 16.5 Å². The van der Waals surface area contributed by atoms with E-state index in [0.29, 0.717) is 13.0 Å². The Morgan fingerprint density at radius 3 is 2.71 bits per heavy atom. The van der Waals surface area contributed by atoms with Gasteiger partial charge in [-0.15, -0.1) is 0 Å². The Hall–Kier alpha value is -1.49. The van der Waals surface area contributed by atoms with Crippen molar-refractivity contribution in [3.05, 3.63) is 23.1 Å². The Morgan fingerprint density at radius 2 is 2.18 bits per heavy atom. The van der Waals surface area contributed by atoms with Gasteiger partial charge < -0.3 is 14.1 Å². The predicted octanol–water partition coefficient (Wildman–Crippen LogP) is 1.96. The highest BCUT2D eigenvalue weighted by atomic mass is 35.5. The Bertz CT molecular complexity index is 402. The van der Waals surface area contributed by atoms with E-state index in [1.165, 1.54) is 24.1 Å². The van der Waals surface area contributed by atoms with Crippen molar-refractivity contribution < 1.29 is 18.7 Å². The van der Waals surface area contributed by atoms with Crippen LogP contribution in [0.3, 0.4) is 0 Å². The normalized spacial score (nSPS) is 10.1. The number of nitrogens with zero attached hydrogens (tertiary/aromatic N) is 1. The Kier molecular flexibility index (Phi) is 5.03. The van der Waals surface area contributed by atoms with Crippen LogP contribution in [0.1, 0.15) is 23.4 Å². The van der Waals surface area contributed by atoms with E-state index in [9.17, 15) is 9.59 Å². The highest BCUT2D eigenvalue weighted by molar-refractivity contribution is 6.29. The van der Waals surface area contributed by atoms with E-state index in [0.717, 1.165) is 0 Å². The SMILES string of the molecule is COC(=O)CCCN(C)C(=O)c1ccc(Cl)o1. The van der Waals surface area contributed by atoms with Crippen molar-refractivity contribution in [1.82, 2.24) is 4.90 Å². The van der Waals surface area contributed by atoms with Gasteiger partial charge in [-0.05, 0) is 30.2 Å².